The van der Waals surface area contributed by atoms with Crippen LogP contribution in [0.2, 0.25) is 0 Å². The Labute approximate surface area is 123 Å². The first-order valence-corrected chi connectivity index (χ1v) is 7.80. The monoisotopic (exact) mass is 327 g/mol. The molecule has 0 atom stereocenters. The third-order valence-electron chi connectivity index (χ3n) is 3.99. The van der Waals surface area contributed by atoms with Crippen molar-refractivity contribution in [3.63, 3.8) is 0 Å². The molecule has 0 aromatic carbocycles. The second kappa shape index (κ2) is 6.18. The fourth-order valence-corrected chi connectivity index (χ4v) is 3.23. The summed E-state index contributed by atoms with van der Waals surface area (Å²) in [5.74, 6) is 1.27. The minimum absolute atomic E-state index is 0.352. The quantitative estimate of drug-likeness (QED) is 0.862. The van der Waals surface area contributed by atoms with Crippen LogP contribution in [0.3, 0.4) is 0 Å². The second-order valence-electron chi connectivity index (χ2n) is 5.16. The van der Waals surface area contributed by atoms with Crippen molar-refractivity contribution in [1.29, 1.82) is 0 Å². The van der Waals surface area contributed by atoms with Crippen LogP contribution in [-0.4, -0.2) is 17.1 Å². The summed E-state index contributed by atoms with van der Waals surface area (Å²) in [7, 11) is 1.76. The Balaban J connectivity index is 2.45. The topological polar surface area (TPSA) is 61.0 Å². The second-order valence-corrected chi connectivity index (χ2v) is 5.95. The highest BCUT2D eigenvalue weighted by molar-refractivity contribution is 9.10. The van der Waals surface area contributed by atoms with Crippen LogP contribution in [0.1, 0.15) is 57.0 Å². The van der Waals surface area contributed by atoms with Crippen molar-refractivity contribution >= 4 is 21.7 Å². The zero-order valence-corrected chi connectivity index (χ0v) is 13.3. The molecule has 19 heavy (non-hydrogen) atoms. The molecule has 106 valence electrons. The van der Waals surface area contributed by atoms with Gasteiger partial charge in [-0.3, -0.25) is 0 Å². The number of nitrogens with zero attached hydrogens (tertiary/aromatic N) is 2. The maximum Gasteiger partial charge on any atom is 0.162 e. The SMILES string of the molecule is CCc1nc(C2(OC)CCCCCC2)nc(N)c1Br. The smallest absolute Gasteiger partial charge is 0.162 e. The van der Waals surface area contributed by atoms with E-state index in [1.54, 1.807) is 7.11 Å². The molecule has 0 amide bonds. The van der Waals surface area contributed by atoms with Gasteiger partial charge >= 0.3 is 0 Å². The Bertz CT molecular complexity index is 443. The van der Waals surface area contributed by atoms with Gasteiger partial charge in [-0.1, -0.05) is 32.6 Å². The van der Waals surface area contributed by atoms with Crippen molar-refractivity contribution in [2.45, 2.75) is 57.5 Å². The van der Waals surface area contributed by atoms with Crippen molar-refractivity contribution in [3.8, 4) is 0 Å². The van der Waals surface area contributed by atoms with Gasteiger partial charge in [-0.15, -0.1) is 0 Å². The van der Waals surface area contributed by atoms with Gasteiger partial charge in [0.1, 0.15) is 11.4 Å². The summed E-state index contributed by atoms with van der Waals surface area (Å²) < 4.78 is 6.66. The van der Waals surface area contributed by atoms with Crippen LogP contribution in [0.5, 0.6) is 0 Å². The van der Waals surface area contributed by atoms with Crippen LogP contribution in [0.4, 0.5) is 5.82 Å². The van der Waals surface area contributed by atoms with E-state index in [9.17, 15) is 0 Å². The highest BCUT2D eigenvalue weighted by Gasteiger charge is 2.36. The van der Waals surface area contributed by atoms with Gasteiger partial charge in [0.2, 0.25) is 0 Å². The molecule has 5 heteroatoms. The summed E-state index contributed by atoms with van der Waals surface area (Å²) in [5.41, 5.74) is 6.61. The lowest BCUT2D eigenvalue weighted by Crippen LogP contribution is -2.31. The normalized spacial score (nSPS) is 19.1. The van der Waals surface area contributed by atoms with Crippen LogP contribution in [0.25, 0.3) is 0 Å². The first-order chi connectivity index (χ1) is 9.13. The molecule has 0 bridgehead atoms. The third kappa shape index (κ3) is 2.92. The lowest BCUT2D eigenvalue weighted by molar-refractivity contribution is -0.0352. The molecule has 2 rings (SSSR count). The molecule has 0 spiro atoms. The predicted molar refractivity (Wildman–Crippen MR) is 79.9 cm³/mol. The molecule has 1 aliphatic rings. The maximum absolute atomic E-state index is 6.00. The predicted octanol–water partition coefficient (Wildman–Crippen LogP) is 3.58. The van der Waals surface area contributed by atoms with E-state index in [2.05, 4.69) is 27.8 Å². The first-order valence-electron chi connectivity index (χ1n) is 7.00. The fourth-order valence-electron chi connectivity index (χ4n) is 2.77. The van der Waals surface area contributed by atoms with Crippen molar-refractivity contribution in [1.82, 2.24) is 9.97 Å². The van der Waals surface area contributed by atoms with E-state index >= 15 is 0 Å². The van der Waals surface area contributed by atoms with Gasteiger partial charge in [0.25, 0.3) is 0 Å². The molecule has 4 nitrogen and oxygen atoms in total. The van der Waals surface area contributed by atoms with Gasteiger partial charge in [-0.05, 0) is 35.2 Å². The van der Waals surface area contributed by atoms with Crippen molar-refractivity contribution < 1.29 is 4.74 Å². The molecule has 1 aliphatic carbocycles. The van der Waals surface area contributed by atoms with E-state index in [-0.39, 0.29) is 5.60 Å². The molecule has 1 heterocycles. The van der Waals surface area contributed by atoms with Gasteiger partial charge in [0.15, 0.2) is 5.82 Å². The largest absolute Gasteiger partial charge is 0.383 e. The Morgan fingerprint density at radius 3 is 2.37 bits per heavy atom. The number of ether oxygens (including phenoxy) is 1. The van der Waals surface area contributed by atoms with E-state index in [1.807, 2.05) is 0 Å². The van der Waals surface area contributed by atoms with Gasteiger partial charge in [0.05, 0.1) is 10.2 Å². The molecular formula is C14H22BrN3O. The van der Waals surface area contributed by atoms with Crippen LogP contribution >= 0.6 is 15.9 Å². The maximum atomic E-state index is 6.00. The molecular weight excluding hydrogens is 306 g/mol. The Morgan fingerprint density at radius 2 is 1.84 bits per heavy atom. The van der Waals surface area contributed by atoms with Gasteiger partial charge in [-0.25, -0.2) is 9.97 Å². The highest BCUT2D eigenvalue weighted by atomic mass is 79.9. The van der Waals surface area contributed by atoms with Crippen molar-refractivity contribution in [3.05, 3.63) is 16.0 Å². The molecule has 0 radical (unpaired) electrons. The molecule has 0 saturated heterocycles. The Morgan fingerprint density at radius 1 is 1.21 bits per heavy atom. The number of rotatable bonds is 3. The number of hydrogen-bond donors (Lipinski definition) is 1. The standard InChI is InChI=1S/C14H22BrN3O/c1-3-10-11(15)12(16)18-13(17-10)14(19-2)8-6-4-5-7-9-14/h3-9H2,1-2H3,(H2,16,17,18). The molecule has 1 saturated carbocycles. The molecule has 1 fully saturated rings. The summed E-state index contributed by atoms with van der Waals surface area (Å²) in [6, 6.07) is 0. The number of methoxy groups -OCH3 is 1. The number of anilines is 1. The third-order valence-corrected chi connectivity index (χ3v) is 4.85. The molecule has 2 N–H and O–H groups in total. The summed E-state index contributed by atoms with van der Waals surface area (Å²) >= 11 is 3.46. The number of nitrogen functional groups attached to an aromatic ring is 1. The van der Waals surface area contributed by atoms with E-state index in [0.717, 1.165) is 48.1 Å². The lowest BCUT2D eigenvalue weighted by atomic mass is 9.93. The Hall–Kier alpha value is -0.680. The minimum atomic E-state index is -0.352. The number of aromatic nitrogens is 2. The number of halogens is 1. The van der Waals surface area contributed by atoms with E-state index < -0.39 is 0 Å². The van der Waals surface area contributed by atoms with Crippen molar-refractivity contribution in [2.75, 3.05) is 12.8 Å². The zero-order chi connectivity index (χ0) is 13.9. The van der Waals surface area contributed by atoms with Crippen LogP contribution in [0, 0.1) is 0 Å². The van der Waals surface area contributed by atoms with Gasteiger partial charge in [0, 0.05) is 7.11 Å². The average Bonchev–Trinajstić information content (AvgIpc) is 2.68. The van der Waals surface area contributed by atoms with Crippen LogP contribution < -0.4 is 5.73 Å². The zero-order valence-electron chi connectivity index (χ0n) is 11.7. The van der Waals surface area contributed by atoms with Gasteiger partial charge < -0.3 is 10.5 Å². The summed E-state index contributed by atoms with van der Waals surface area (Å²) in [4.78, 5) is 9.18. The summed E-state index contributed by atoms with van der Waals surface area (Å²) in [6.45, 7) is 2.07. The molecule has 0 aliphatic heterocycles. The average molecular weight is 328 g/mol. The summed E-state index contributed by atoms with van der Waals surface area (Å²) in [5, 5.41) is 0. The molecule has 1 aromatic rings. The fraction of sp³-hybridized carbons (Fsp3) is 0.714. The lowest BCUT2D eigenvalue weighted by Gasteiger charge is -2.30. The van der Waals surface area contributed by atoms with Crippen LogP contribution in [0.15, 0.2) is 4.47 Å². The first kappa shape index (κ1) is 14.7. The minimum Gasteiger partial charge on any atom is -0.383 e. The number of nitrogens with two attached hydrogens (primary N) is 1. The van der Waals surface area contributed by atoms with E-state index in [0.29, 0.717) is 5.82 Å². The van der Waals surface area contributed by atoms with Crippen LogP contribution in [-0.2, 0) is 16.8 Å². The Kier molecular flexibility index (Phi) is 4.79. The number of aryl methyl sites for hydroxylation is 1. The van der Waals surface area contributed by atoms with Gasteiger partial charge in [-0.2, -0.15) is 0 Å². The van der Waals surface area contributed by atoms with E-state index in [4.69, 9.17) is 15.5 Å². The molecule has 1 aromatic heterocycles. The van der Waals surface area contributed by atoms with Crippen molar-refractivity contribution in [2.24, 2.45) is 0 Å². The number of hydrogen-bond acceptors (Lipinski definition) is 4. The summed E-state index contributed by atoms with van der Waals surface area (Å²) in [6.07, 6.45) is 7.64. The molecule has 0 unspecified atom stereocenters. The van der Waals surface area contributed by atoms with E-state index in [1.165, 1.54) is 12.8 Å². The highest BCUT2D eigenvalue weighted by Crippen LogP contribution is 2.38.